The lowest BCUT2D eigenvalue weighted by Gasteiger charge is -2.46. The molecule has 0 radical (unpaired) electrons. The second-order valence-corrected chi connectivity index (χ2v) is 18.5. The summed E-state index contributed by atoms with van der Waals surface area (Å²) in [6.45, 7) is 9.56. The van der Waals surface area contributed by atoms with E-state index in [2.05, 4.69) is 18.6 Å². The van der Waals surface area contributed by atoms with Crippen LogP contribution in [0.2, 0.25) is 0 Å². The van der Waals surface area contributed by atoms with Crippen LogP contribution in [-0.4, -0.2) is 63.4 Å². The van der Waals surface area contributed by atoms with Crippen molar-refractivity contribution in [2.75, 3.05) is 5.75 Å². The Balaban J connectivity index is 1.41. The number of carbonyl (C=O) groups excluding carboxylic acids is 1. The first-order valence-electron chi connectivity index (χ1n) is 17.1. The third-order valence-corrected chi connectivity index (χ3v) is 15.0. The van der Waals surface area contributed by atoms with E-state index in [0.717, 1.165) is 76.2 Å². The van der Waals surface area contributed by atoms with Gasteiger partial charge in [-0.1, -0.05) is 70.1 Å². The molecule has 9 nitrogen and oxygen atoms in total. The largest absolute Gasteiger partial charge is 0.459 e. The van der Waals surface area contributed by atoms with Gasteiger partial charge in [0.05, 0.1) is 16.8 Å². The Labute approximate surface area is 271 Å². The molecule has 1 aromatic carbocycles. The molecule has 0 saturated heterocycles. The second-order valence-electron chi connectivity index (χ2n) is 14.9. The molecule has 1 aromatic rings. The molecule has 0 aliphatic heterocycles. The average Bonchev–Trinajstić information content (AvgIpc) is 3.32. The van der Waals surface area contributed by atoms with E-state index in [1.54, 1.807) is 26.0 Å². The van der Waals surface area contributed by atoms with Crippen molar-refractivity contribution in [3.05, 3.63) is 29.8 Å². The minimum absolute atomic E-state index is 0.0207. The number of hydrogen-bond donors (Lipinski definition) is 1. The molecule has 4 aliphatic rings. The fraction of sp³-hybridized carbons (Fsp3) is 0.794. The van der Waals surface area contributed by atoms with Gasteiger partial charge in [0.2, 0.25) is 26.3 Å². The summed E-state index contributed by atoms with van der Waals surface area (Å²) in [5.41, 5.74) is -0.231. The first-order chi connectivity index (χ1) is 21.2. The highest BCUT2D eigenvalue weighted by molar-refractivity contribution is 7.89. The van der Waals surface area contributed by atoms with Crippen LogP contribution in [-0.2, 0) is 34.3 Å². The van der Waals surface area contributed by atoms with Gasteiger partial charge in [-0.15, -0.1) is 0 Å². The van der Waals surface area contributed by atoms with Gasteiger partial charge in [-0.2, -0.15) is 9.03 Å². The topological polar surface area (TPSA) is 119 Å². The number of rotatable bonds is 12. The van der Waals surface area contributed by atoms with Crippen molar-refractivity contribution in [3.8, 4) is 0 Å². The van der Waals surface area contributed by atoms with E-state index < -0.39 is 49.9 Å². The van der Waals surface area contributed by atoms with Crippen LogP contribution in [0.1, 0.15) is 117 Å². The Hall–Kier alpha value is -1.53. The molecule has 45 heavy (non-hydrogen) atoms. The number of esters is 1. The van der Waals surface area contributed by atoms with E-state index in [0.29, 0.717) is 12.8 Å². The van der Waals surface area contributed by atoms with E-state index in [1.165, 1.54) is 12.1 Å². The van der Waals surface area contributed by atoms with Crippen molar-refractivity contribution in [2.24, 2.45) is 16.7 Å². The Bertz CT molecular complexity index is 1380. The number of nitrogens with zero attached hydrogens (tertiary/aromatic N) is 1. The summed E-state index contributed by atoms with van der Waals surface area (Å²) < 4.78 is 72.2. The van der Waals surface area contributed by atoms with E-state index in [9.17, 15) is 21.6 Å². The van der Waals surface area contributed by atoms with Gasteiger partial charge in [0.15, 0.2) is 0 Å². The van der Waals surface area contributed by atoms with Crippen molar-refractivity contribution < 1.29 is 31.1 Å². The number of carbonyl (C=O) groups is 1. The summed E-state index contributed by atoms with van der Waals surface area (Å²) in [7, 11) is -7.79. The highest BCUT2D eigenvalue weighted by atomic mass is 32.2. The molecule has 4 saturated carbocycles. The quantitative estimate of drug-likeness (QED) is 0.213. The van der Waals surface area contributed by atoms with Crippen molar-refractivity contribution in [1.29, 1.82) is 0 Å². The van der Waals surface area contributed by atoms with Crippen LogP contribution < -0.4 is 4.72 Å². The highest BCUT2D eigenvalue weighted by Crippen LogP contribution is 2.67. The summed E-state index contributed by atoms with van der Waals surface area (Å²) in [4.78, 5) is 13.8. The van der Waals surface area contributed by atoms with E-state index >= 15 is 0 Å². The number of benzene rings is 1. The molecule has 0 heterocycles. The molecule has 4 fully saturated rings. The van der Waals surface area contributed by atoms with Crippen LogP contribution in [0.3, 0.4) is 0 Å². The third kappa shape index (κ3) is 7.17. The second kappa shape index (κ2) is 13.5. The lowest BCUT2D eigenvalue weighted by molar-refractivity contribution is -0.173. The monoisotopic (exact) mass is 666 g/mol. The first kappa shape index (κ1) is 34.8. The lowest BCUT2D eigenvalue weighted by atomic mass is 9.69. The molecule has 0 spiro atoms. The van der Waals surface area contributed by atoms with Crippen molar-refractivity contribution >= 4 is 26.0 Å². The molecule has 2 bridgehead atoms. The molecule has 5 rings (SSSR count). The Morgan fingerprint density at radius 3 is 1.98 bits per heavy atom. The van der Waals surface area contributed by atoms with Gasteiger partial charge in [-0.25, -0.2) is 21.6 Å². The fourth-order valence-electron chi connectivity index (χ4n) is 8.86. The number of aryl methyl sites for hydroxylation is 1. The number of nitrogens with one attached hydrogen (secondary N) is 1. The Kier molecular flexibility index (Phi) is 10.5. The fourth-order valence-corrected chi connectivity index (χ4v) is 12.8. The number of ether oxygens (including phenoxy) is 2. The number of sulfonamides is 2. The van der Waals surface area contributed by atoms with Gasteiger partial charge in [0.1, 0.15) is 6.10 Å². The Morgan fingerprint density at radius 2 is 1.47 bits per heavy atom. The molecule has 1 N–H and O–H groups in total. The smallest absolute Gasteiger partial charge is 0.351 e. The van der Waals surface area contributed by atoms with Crippen LogP contribution in [0.5, 0.6) is 0 Å². The van der Waals surface area contributed by atoms with Crippen LogP contribution in [0, 0.1) is 23.7 Å². The summed E-state index contributed by atoms with van der Waals surface area (Å²) in [6, 6.07) is 6.42. The standard InChI is InChI=1S/C34H54N2O7S2/c1-24(2)42-31(35-45(40,41)29-18-16-25(3)17-19-29)32(37)43-30-22-26-20-21-34(30,33(26,4)5)23-44(38,39)36(27-12-8-6-9-13-27)28-14-10-7-11-15-28/h16-19,24,26-28,30-31,35H,6-15,20-23H2,1-5H3/t26-,30-,31+,34-/m1/s1. The molecule has 0 aromatic heterocycles. The highest BCUT2D eigenvalue weighted by Gasteiger charge is 2.67. The zero-order chi connectivity index (χ0) is 32.6. The van der Waals surface area contributed by atoms with Crippen LogP contribution in [0.15, 0.2) is 29.2 Å². The van der Waals surface area contributed by atoms with Crippen molar-refractivity contribution in [2.45, 2.75) is 154 Å². The molecule has 4 aliphatic carbocycles. The summed E-state index contributed by atoms with van der Waals surface area (Å²) >= 11 is 0. The van der Waals surface area contributed by atoms with Gasteiger partial charge in [0.25, 0.3) is 0 Å². The van der Waals surface area contributed by atoms with Crippen molar-refractivity contribution in [1.82, 2.24) is 9.03 Å². The van der Waals surface area contributed by atoms with Gasteiger partial charge in [0, 0.05) is 17.5 Å². The van der Waals surface area contributed by atoms with E-state index in [-0.39, 0.29) is 34.1 Å². The Morgan fingerprint density at radius 1 is 0.911 bits per heavy atom. The SMILES string of the molecule is Cc1ccc(S(=O)(=O)N[C@@H](OC(C)C)C(=O)O[C@@H]2C[C@H]3CC[C@]2(CS(=O)(=O)N(C2CCCCC2)C2CCCCC2)C3(C)C)cc1. The molecule has 0 unspecified atom stereocenters. The van der Waals surface area contributed by atoms with Crippen molar-refractivity contribution in [3.63, 3.8) is 0 Å². The molecule has 4 atom stereocenters. The summed E-state index contributed by atoms with van der Waals surface area (Å²) in [5.74, 6) is -0.683. The van der Waals surface area contributed by atoms with Gasteiger partial charge in [-0.05, 0) is 89.2 Å². The maximum atomic E-state index is 14.7. The normalized spacial score (nSPS) is 28.5. The van der Waals surface area contributed by atoms with Gasteiger partial charge < -0.3 is 9.47 Å². The minimum Gasteiger partial charge on any atom is -0.459 e. The predicted molar refractivity (Wildman–Crippen MR) is 174 cm³/mol. The molecule has 0 amide bonds. The number of fused-ring (bicyclic) bond motifs is 2. The number of hydrogen-bond acceptors (Lipinski definition) is 7. The van der Waals surface area contributed by atoms with Crippen LogP contribution in [0.4, 0.5) is 0 Å². The maximum absolute atomic E-state index is 14.7. The van der Waals surface area contributed by atoms with E-state index in [1.807, 2.05) is 11.2 Å². The van der Waals surface area contributed by atoms with Gasteiger partial charge in [-0.3, -0.25) is 0 Å². The molecule has 11 heteroatoms. The average molecular weight is 667 g/mol. The maximum Gasteiger partial charge on any atom is 0.351 e. The molecular formula is C34H54N2O7S2. The first-order valence-corrected chi connectivity index (χ1v) is 20.2. The minimum atomic E-state index is -4.09. The summed E-state index contributed by atoms with van der Waals surface area (Å²) in [6.07, 6.45) is 9.54. The lowest BCUT2D eigenvalue weighted by Crippen LogP contribution is -2.55. The zero-order valence-corrected chi connectivity index (χ0v) is 29.4. The van der Waals surface area contributed by atoms with Crippen LogP contribution in [0.25, 0.3) is 0 Å². The predicted octanol–water partition coefficient (Wildman–Crippen LogP) is 6.06. The van der Waals surface area contributed by atoms with Gasteiger partial charge >= 0.3 is 5.97 Å². The zero-order valence-electron chi connectivity index (χ0n) is 27.8. The van der Waals surface area contributed by atoms with Crippen LogP contribution >= 0.6 is 0 Å². The molecule has 254 valence electrons. The van der Waals surface area contributed by atoms with E-state index in [4.69, 9.17) is 9.47 Å². The summed E-state index contributed by atoms with van der Waals surface area (Å²) in [5, 5.41) is 0. The molecular weight excluding hydrogens is 613 g/mol. The third-order valence-electron chi connectivity index (χ3n) is 11.5.